The Morgan fingerprint density at radius 1 is 1.18 bits per heavy atom. The van der Waals surface area contributed by atoms with Crippen molar-refractivity contribution in [3.8, 4) is 5.75 Å². The number of nitrogens with zero attached hydrogens (tertiary/aromatic N) is 1. The minimum absolute atomic E-state index is 0.140. The van der Waals surface area contributed by atoms with Gasteiger partial charge in [0.2, 0.25) is 5.91 Å². The maximum absolute atomic E-state index is 13.4. The Morgan fingerprint density at radius 2 is 1.88 bits per heavy atom. The molecule has 2 aromatic rings. The molecule has 0 aromatic heterocycles. The minimum Gasteiger partial charge on any atom is -0.482 e. The van der Waals surface area contributed by atoms with Crippen LogP contribution in [0.3, 0.4) is 0 Å². The highest BCUT2D eigenvalue weighted by molar-refractivity contribution is 9.10. The fraction of sp³-hybridized carbons (Fsp3) is 0.440. The number of halogens is 3. The van der Waals surface area contributed by atoms with Gasteiger partial charge in [-0.25, -0.2) is 4.39 Å². The number of carbonyl (C=O) groups excluding carboxylic acids is 2. The fourth-order valence-electron chi connectivity index (χ4n) is 4.06. The van der Waals surface area contributed by atoms with E-state index in [0.29, 0.717) is 17.2 Å². The fourth-order valence-corrected chi connectivity index (χ4v) is 4.79. The van der Waals surface area contributed by atoms with Gasteiger partial charge in [-0.1, -0.05) is 65.8 Å². The average molecular weight is 540 g/mol. The van der Waals surface area contributed by atoms with E-state index in [2.05, 4.69) is 21.2 Å². The summed E-state index contributed by atoms with van der Waals surface area (Å²) in [6.45, 7) is 1.78. The molecule has 1 fully saturated rings. The molecule has 1 aliphatic carbocycles. The lowest BCUT2D eigenvalue weighted by atomic mass is 9.95. The first-order valence-corrected chi connectivity index (χ1v) is 12.5. The van der Waals surface area contributed by atoms with Crippen LogP contribution in [0.5, 0.6) is 5.75 Å². The van der Waals surface area contributed by atoms with Crippen LogP contribution in [0.25, 0.3) is 0 Å². The summed E-state index contributed by atoms with van der Waals surface area (Å²) in [6.07, 6.45) is 5.75. The lowest BCUT2D eigenvalue weighted by Gasteiger charge is -2.32. The van der Waals surface area contributed by atoms with Gasteiger partial charge in [0, 0.05) is 17.1 Å². The first-order valence-electron chi connectivity index (χ1n) is 11.3. The van der Waals surface area contributed by atoms with E-state index in [1.807, 2.05) is 6.92 Å². The smallest absolute Gasteiger partial charge is 0.261 e. The maximum atomic E-state index is 13.4. The number of carbonyl (C=O) groups is 2. The van der Waals surface area contributed by atoms with Crippen LogP contribution in [0, 0.1) is 5.82 Å². The highest BCUT2D eigenvalue weighted by Crippen LogP contribution is 2.28. The molecule has 1 N–H and O–H groups in total. The summed E-state index contributed by atoms with van der Waals surface area (Å²) in [5, 5.41) is 3.51. The summed E-state index contributed by atoms with van der Waals surface area (Å²) in [5.41, 5.74) is 0.732. The number of nitrogens with one attached hydrogen (secondary N) is 1. The molecule has 1 aliphatic rings. The van der Waals surface area contributed by atoms with Gasteiger partial charge in [-0.15, -0.1) is 0 Å². The number of benzene rings is 2. The van der Waals surface area contributed by atoms with Crippen LogP contribution in [-0.2, 0) is 16.1 Å². The quantitative estimate of drug-likeness (QED) is 0.433. The zero-order chi connectivity index (χ0) is 23.8. The number of ether oxygens (including phenoxy) is 1. The Bertz CT molecular complexity index is 951. The SMILES string of the molecule is CC[C@@H](C(=O)NC1CCCCC1)N(Cc1ccc(F)cc1)C(=O)COc1ccc(Br)cc1Cl. The van der Waals surface area contributed by atoms with Gasteiger partial charge in [0.25, 0.3) is 5.91 Å². The van der Waals surface area contributed by atoms with Crippen LogP contribution in [0.1, 0.15) is 51.0 Å². The molecular formula is C25H29BrClFN2O3. The second-order valence-corrected chi connectivity index (χ2v) is 9.60. The predicted octanol–water partition coefficient (Wildman–Crippen LogP) is 5.88. The molecule has 0 unspecified atom stereocenters. The molecular weight excluding hydrogens is 511 g/mol. The Kier molecular flexibility index (Phi) is 9.56. The van der Waals surface area contributed by atoms with Crippen molar-refractivity contribution in [1.29, 1.82) is 0 Å². The first-order chi connectivity index (χ1) is 15.9. The monoisotopic (exact) mass is 538 g/mol. The Labute approximate surface area is 207 Å². The normalized spacial score (nSPS) is 15.0. The summed E-state index contributed by atoms with van der Waals surface area (Å²) in [6, 6.07) is 10.5. The second kappa shape index (κ2) is 12.4. The predicted molar refractivity (Wildman–Crippen MR) is 131 cm³/mol. The molecule has 0 heterocycles. The van der Waals surface area contributed by atoms with Crippen molar-refractivity contribution in [3.63, 3.8) is 0 Å². The maximum Gasteiger partial charge on any atom is 0.261 e. The third kappa shape index (κ3) is 7.44. The molecule has 1 saturated carbocycles. The van der Waals surface area contributed by atoms with Gasteiger partial charge in [-0.05, 0) is 55.2 Å². The van der Waals surface area contributed by atoms with Gasteiger partial charge < -0.3 is 15.0 Å². The lowest BCUT2D eigenvalue weighted by Crippen LogP contribution is -2.52. The van der Waals surface area contributed by atoms with Crippen molar-refractivity contribution in [1.82, 2.24) is 10.2 Å². The van der Waals surface area contributed by atoms with E-state index in [1.165, 1.54) is 23.5 Å². The van der Waals surface area contributed by atoms with Crippen LogP contribution in [0.15, 0.2) is 46.9 Å². The van der Waals surface area contributed by atoms with Crippen molar-refractivity contribution < 1.29 is 18.7 Å². The molecule has 5 nitrogen and oxygen atoms in total. The molecule has 2 aromatic carbocycles. The molecule has 8 heteroatoms. The molecule has 0 saturated heterocycles. The van der Waals surface area contributed by atoms with Gasteiger partial charge in [0.1, 0.15) is 17.6 Å². The zero-order valence-electron chi connectivity index (χ0n) is 18.7. The van der Waals surface area contributed by atoms with Gasteiger partial charge in [0.15, 0.2) is 6.61 Å². The van der Waals surface area contributed by atoms with E-state index in [4.69, 9.17) is 16.3 Å². The summed E-state index contributed by atoms with van der Waals surface area (Å²) < 4.78 is 19.9. The standard InChI is InChI=1S/C25H29BrClFN2O3/c1-2-22(25(32)29-20-6-4-3-5-7-20)30(15-17-8-11-19(28)12-9-17)24(31)16-33-23-13-10-18(26)14-21(23)27/h8-14,20,22H,2-7,15-16H2,1H3,(H,29,32)/t22-/m0/s1. The molecule has 33 heavy (non-hydrogen) atoms. The van der Waals surface area contributed by atoms with Crippen LogP contribution >= 0.6 is 27.5 Å². The number of rotatable bonds is 9. The summed E-state index contributed by atoms with van der Waals surface area (Å²) in [7, 11) is 0. The lowest BCUT2D eigenvalue weighted by molar-refractivity contribution is -0.143. The van der Waals surface area contributed by atoms with Gasteiger partial charge in [-0.3, -0.25) is 9.59 Å². The number of amides is 2. The highest BCUT2D eigenvalue weighted by atomic mass is 79.9. The zero-order valence-corrected chi connectivity index (χ0v) is 21.0. The molecule has 0 radical (unpaired) electrons. The van der Waals surface area contributed by atoms with E-state index in [1.54, 1.807) is 30.3 Å². The molecule has 0 aliphatic heterocycles. The molecule has 178 valence electrons. The summed E-state index contributed by atoms with van der Waals surface area (Å²) in [5.74, 6) is -0.480. The van der Waals surface area contributed by atoms with Crippen molar-refractivity contribution in [2.45, 2.75) is 64.1 Å². The van der Waals surface area contributed by atoms with E-state index < -0.39 is 6.04 Å². The number of hydrogen-bond donors (Lipinski definition) is 1. The summed E-state index contributed by atoms with van der Waals surface area (Å²) >= 11 is 9.55. The van der Waals surface area contributed by atoms with Crippen LogP contribution in [0.2, 0.25) is 5.02 Å². The number of hydrogen-bond acceptors (Lipinski definition) is 3. The van der Waals surface area contributed by atoms with Crippen LogP contribution < -0.4 is 10.1 Å². The van der Waals surface area contributed by atoms with E-state index >= 15 is 0 Å². The third-order valence-corrected chi connectivity index (χ3v) is 6.64. The van der Waals surface area contributed by atoms with E-state index in [0.717, 1.165) is 35.7 Å². The Balaban J connectivity index is 1.76. The molecule has 3 rings (SSSR count). The molecule has 0 bridgehead atoms. The largest absolute Gasteiger partial charge is 0.482 e. The van der Waals surface area contributed by atoms with Crippen LogP contribution in [0.4, 0.5) is 4.39 Å². The van der Waals surface area contributed by atoms with Crippen molar-refractivity contribution >= 4 is 39.3 Å². The third-order valence-electron chi connectivity index (χ3n) is 5.85. The van der Waals surface area contributed by atoms with Crippen molar-refractivity contribution in [2.24, 2.45) is 0 Å². The second-order valence-electron chi connectivity index (χ2n) is 8.28. The first kappa shape index (κ1) is 25.5. The topological polar surface area (TPSA) is 58.6 Å². The van der Waals surface area contributed by atoms with Crippen molar-refractivity contribution in [3.05, 3.63) is 63.3 Å². The van der Waals surface area contributed by atoms with E-state index in [-0.39, 0.29) is 36.8 Å². The molecule has 2 amide bonds. The van der Waals surface area contributed by atoms with Gasteiger partial charge in [-0.2, -0.15) is 0 Å². The van der Waals surface area contributed by atoms with Gasteiger partial charge in [0.05, 0.1) is 5.02 Å². The Morgan fingerprint density at radius 3 is 2.52 bits per heavy atom. The highest BCUT2D eigenvalue weighted by Gasteiger charge is 2.30. The Hall–Kier alpha value is -2.12. The van der Waals surface area contributed by atoms with Crippen LogP contribution in [-0.4, -0.2) is 35.4 Å². The average Bonchev–Trinajstić information content (AvgIpc) is 2.80. The summed E-state index contributed by atoms with van der Waals surface area (Å²) in [4.78, 5) is 27.9. The minimum atomic E-state index is -0.659. The molecule has 0 spiro atoms. The van der Waals surface area contributed by atoms with Crippen molar-refractivity contribution in [2.75, 3.05) is 6.61 Å². The molecule has 1 atom stereocenters. The van der Waals surface area contributed by atoms with E-state index in [9.17, 15) is 14.0 Å². The van der Waals surface area contributed by atoms with Gasteiger partial charge >= 0.3 is 0 Å².